The number of aliphatic hydroxyl groups excluding tert-OH is 5. The second kappa shape index (κ2) is 7.34. The van der Waals surface area contributed by atoms with Crippen LogP contribution in [-0.4, -0.2) is 106 Å². The molecule has 2 heterocycles. The van der Waals surface area contributed by atoms with Crippen LogP contribution in [0.4, 0.5) is 0 Å². The van der Waals surface area contributed by atoms with Gasteiger partial charge in [0.15, 0.2) is 18.7 Å². The van der Waals surface area contributed by atoms with Crippen molar-refractivity contribution in [1.82, 2.24) is 0 Å². The molecule has 9 atom stereocenters. The molecule has 0 bridgehead atoms. The molecule has 2 fully saturated rings. The van der Waals surface area contributed by atoms with E-state index < -0.39 is 61.3 Å². The average molecular weight is 340 g/mol. The van der Waals surface area contributed by atoms with Gasteiger partial charge in [0.05, 0.1) is 6.61 Å². The fourth-order valence-corrected chi connectivity index (χ4v) is 2.49. The van der Waals surface area contributed by atoms with Gasteiger partial charge in [-0.15, -0.1) is 0 Å². The molecule has 0 aromatic heterocycles. The highest BCUT2D eigenvalue weighted by Gasteiger charge is 2.51. The van der Waals surface area contributed by atoms with Crippen molar-refractivity contribution in [2.75, 3.05) is 13.7 Å². The molecule has 0 saturated carbocycles. The van der Waals surface area contributed by atoms with E-state index in [1.807, 2.05) is 0 Å². The number of hydrogen-bond acceptors (Lipinski definition) is 10. The molecule has 0 unspecified atom stereocenters. The van der Waals surface area contributed by atoms with Crippen molar-refractivity contribution in [2.24, 2.45) is 0 Å². The van der Waals surface area contributed by atoms with Crippen LogP contribution in [0.25, 0.3) is 0 Å². The minimum absolute atomic E-state index is 0.331. The minimum atomic E-state index is -1.71. The molecule has 23 heavy (non-hydrogen) atoms. The van der Waals surface area contributed by atoms with E-state index in [1.165, 1.54) is 0 Å². The molecule has 134 valence electrons. The fourth-order valence-electron chi connectivity index (χ4n) is 2.49. The van der Waals surface area contributed by atoms with Crippen molar-refractivity contribution in [3.8, 4) is 0 Å². The van der Waals surface area contributed by atoms with Crippen molar-refractivity contribution >= 4 is 5.97 Å². The van der Waals surface area contributed by atoms with Crippen molar-refractivity contribution in [3.63, 3.8) is 0 Å². The van der Waals surface area contributed by atoms with Gasteiger partial charge >= 0.3 is 5.97 Å². The first-order valence-corrected chi connectivity index (χ1v) is 6.86. The molecule has 0 radical (unpaired) electrons. The molecule has 11 nitrogen and oxygen atoms in total. The van der Waals surface area contributed by atoms with E-state index >= 15 is 0 Å². The lowest BCUT2D eigenvalue weighted by Crippen LogP contribution is -2.63. The Morgan fingerprint density at radius 1 is 1.04 bits per heavy atom. The highest BCUT2D eigenvalue weighted by atomic mass is 16.7. The largest absolute Gasteiger partial charge is 0.479 e. The number of aliphatic hydroxyl groups is 5. The van der Waals surface area contributed by atoms with Gasteiger partial charge in [0.25, 0.3) is 0 Å². The quantitative estimate of drug-likeness (QED) is 0.294. The van der Waals surface area contributed by atoms with E-state index in [-0.39, 0.29) is 6.61 Å². The summed E-state index contributed by atoms with van der Waals surface area (Å²) in [7, 11) is 1.14. The number of aliphatic carboxylic acids is 1. The van der Waals surface area contributed by atoms with E-state index in [4.69, 9.17) is 24.1 Å². The maximum absolute atomic E-state index is 11.2. The van der Waals surface area contributed by atoms with Crippen molar-refractivity contribution < 1.29 is 54.4 Å². The normalized spacial score (nSPS) is 48.2. The van der Waals surface area contributed by atoms with E-state index in [0.29, 0.717) is 0 Å². The lowest BCUT2D eigenvalue weighted by atomic mass is 9.98. The predicted octanol–water partition coefficient (Wildman–Crippen LogP) is -4.01. The van der Waals surface area contributed by atoms with E-state index in [1.54, 1.807) is 0 Å². The van der Waals surface area contributed by atoms with Crippen LogP contribution >= 0.6 is 0 Å². The van der Waals surface area contributed by atoms with Crippen molar-refractivity contribution in [2.45, 2.75) is 55.3 Å². The van der Waals surface area contributed by atoms with Crippen LogP contribution in [0.15, 0.2) is 0 Å². The minimum Gasteiger partial charge on any atom is -0.479 e. The monoisotopic (exact) mass is 340 g/mol. The zero-order valence-corrected chi connectivity index (χ0v) is 12.1. The highest BCUT2D eigenvalue weighted by molar-refractivity contribution is 5.73. The van der Waals surface area contributed by atoms with Gasteiger partial charge in [-0.3, -0.25) is 0 Å². The Labute approximate surface area is 130 Å². The molecule has 6 N–H and O–H groups in total. The number of ether oxygens (including phenoxy) is 4. The summed E-state index contributed by atoms with van der Waals surface area (Å²) in [5, 5.41) is 58.0. The molecular weight excluding hydrogens is 320 g/mol. The summed E-state index contributed by atoms with van der Waals surface area (Å²) in [5.41, 5.74) is 0. The third-order valence-corrected chi connectivity index (χ3v) is 3.80. The number of carboxylic acids is 1. The summed E-state index contributed by atoms with van der Waals surface area (Å²) in [6, 6.07) is 0. The number of methoxy groups -OCH3 is 1. The summed E-state index contributed by atoms with van der Waals surface area (Å²) >= 11 is 0. The maximum atomic E-state index is 11.2. The maximum Gasteiger partial charge on any atom is 0.335 e. The van der Waals surface area contributed by atoms with Crippen LogP contribution in [0.3, 0.4) is 0 Å². The van der Waals surface area contributed by atoms with E-state index in [0.717, 1.165) is 7.11 Å². The summed E-state index contributed by atoms with van der Waals surface area (Å²) in [6.45, 7) is -0.331. The highest BCUT2D eigenvalue weighted by Crippen LogP contribution is 2.27. The summed E-state index contributed by atoms with van der Waals surface area (Å²) in [4.78, 5) is 11.2. The number of carbonyl (C=O) groups is 1. The second-order valence-corrected chi connectivity index (χ2v) is 5.33. The molecular formula is C12H20O11. The zero-order chi connectivity index (χ0) is 17.3. The average Bonchev–Trinajstić information content (AvgIpc) is 2.51. The summed E-state index contributed by atoms with van der Waals surface area (Å²) < 4.78 is 19.8. The molecule has 2 aliphatic rings. The molecule has 2 saturated heterocycles. The van der Waals surface area contributed by atoms with Gasteiger partial charge in [-0.05, 0) is 0 Å². The van der Waals surface area contributed by atoms with Gasteiger partial charge < -0.3 is 49.6 Å². The van der Waals surface area contributed by atoms with Gasteiger partial charge in [0.1, 0.15) is 36.6 Å². The van der Waals surface area contributed by atoms with Gasteiger partial charge in [-0.25, -0.2) is 4.79 Å². The SMILES string of the molecule is CO[C@H]1[C@H](O)[C@@H](O)[C@@H](O[C@@H]2[C@@H](O)[C@@H](O)CO[C@@H]2O)O[C@@H]1C(=O)O. The lowest BCUT2D eigenvalue weighted by Gasteiger charge is -2.43. The van der Waals surface area contributed by atoms with Crippen LogP contribution in [0, 0.1) is 0 Å². The number of carboxylic acid groups (broad SMARTS) is 1. The molecule has 2 rings (SSSR count). The van der Waals surface area contributed by atoms with Gasteiger partial charge in [-0.1, -0.05) is 0 Å². The van der Waals surface area contributed by atoms with Crippen LogP contribution in [0.5, 0.6) is 0 Å². The van der Waals surface area contributed by atoms with Gasteiger partial charge in [-0.2, -0.15) is 0 Å². The molecule has 0 aliphatic carbocycles. The smallest absolute Gasteiger partial charge is 0.335 e. The summed E-state index contributed by atoms with van der Waals surface area (Å²) in [5.74, 6) is -1.46. The first-order valence-electron chi connectivity index (χ1n) is 6.86. The zero-order valence-electron chi connectivity index (χ0n) is 12.1. The Morgan fingerprint density at radius 3 is 2.26 bits per heavy atom. The topological polar surface area (TPSA) is 175 Å². The Kier molecular flexibility index (Phi) is 5.89. The molecule has 11 heteroatoms. The predicted molar refractivity (Wildman–Crippen MR) is 68.0 cm³/mol. The Morgan fingerprint density at radius 2 is 1.70 bits per heavy atom. The van der Waals surface area contributed by atoms with Crippen LogP contribution in [0.2, 0.25) is 0 Å². The third-order valence-electron chi connectivity index (χ3n) is 3.80. The first kappa shape index (κ1) is 18.4. The van der Waals surface area contributed by atoms with Crippen molar-refractivity contribution in [1.29, 1.82) is 0 Å². The van der Waals surface area contributed by atoms with Crippen LogP contribution in [0.1, 0.15) is 0 Å². The standard InChI is InChI=1S/C12H20O11/c1-20-7-5(15)6(16)12(23-9(7)10(17)18)22-8-4(14)3(13)2-21-11(8)19/h3-9,11-16,19H,2H2,1H3,(H,17,18)/t3-,4-,5+,6+,7-,8+,9-,11-,12-/m0/s1. The van der Waals surface area contributed by atoms with Gasteiger partial charge in [0.2, 0.25) is 0 Å². The molecule has 0 aromatic rings. The number of hydrogen-bond donors (Lipinski definition) is 6. The molecule has 0 spiro atoms. The third kappa shape index (κ3) is 3.63. The molecule has 0 aromatic carbocycles. The van der Waals surface area contributed by atoms with E-state index in [9.17, 15) is 30.3 Å². The van der Waals surface area contributed by atoms with Crippen molar-refractivity contribution in [3.05, 3.63) is 0 Å². The first-order chi connectivity index (χ1) is 10.8. The fraction of sp³-hybridized carbons (Fsp3) is 0.917. The Balaban J connectivity index is 2.13. The van der Waals surface area contributed by atoms with E-state index in [2.05, 4.69) is 0 Å². The summed E-state index contributed by atoms with van der Waals surface area (Å²) in [6.07, 6.45) is -14.1. The molecule has 2 aliphatic heterocycles. The van der Waals surface area contributed by atoms with Crippen LogP contribution < -0.4 is 0 Å². The second-order valence-electron chi connectivity index (χ2n) is 5.33. The lowest BCUT2D eigenvalue weighted by molar-refractivity contribution is -0.348. The van der Waals surface area contributed by atoms with Gasteiger partial charge in [0, 0.05) is 7.11 Å². The number of rotatable bonds is 4. The van der Waals surface area contributed by atoms with Crippen LogP contribution in [-0.2, 0) is 23.7 Å². The molecule has 0 amide bonds. The Bertz CT molecular complexity index is 418. The Hall–Kier alpha value is -0.890.